The molecule has 0 saturated carbocycles. The smallest absolute Gasteiger partial charge is 0.337 e. The van der Waals surface area contributed by atoms with Crippen molar-refractivity contribution in [1.29, 1.82) is 0 Å². The number of carboxylic acid groups (broad SMARTS) is 1. The molecular weight excluding hydrogens is 226 g/mol. The zero-order chi connectivity index (χ0) is 12.7. The minimum absolute atomic E-state index is 0.341. The Morgan fingerprint density at radius 3 is 2.56 bits per heavy atom. The minimum atomic E-state index is -0.909. The lowest BCUT2D eigenvalue weighted by Crippen LogP contribution is -2.02. The SMILES string of the molecule is Cc1cccc2nc3ccccc3c(C(=O)O)c12. The molecule has 0 amide bonds. The van der Waals surface area contributed by atoms with Gasteiger partial charge in [-0.05, 0) is 24.6 Å². The van der Waals surface area contributed by atoms with Gasteiger partial charge in [-0.15, -0.1) is 0 Å². The predicted octanol–water partition coefficient (Wildman–Crippen LogP) is 3.39. The first-order chi connectivity index (χ1) is 8.68. The van der Waals surface area contributed by atoms with Gasteiger partial charge in [0, 0.05) is 10.8 Å². The Kier molecular flexibility index (Phi) is 2.27. The lowest BCUT2D eigenvalue weighted by atomic mass is 9.99. The summed E-state index contributed by atoms with van der Waals surface area (Å²) < 4.78 is 0. The van der Waals surface area contributed by atoms with Crippen LogP contribution in [0.15, 0.2) is 42.5 Å². The number of rotatable bonds is 1. The average Bonchev–Trinajstić information content (AvgIpc) is 2.36. The van der Waals surface area contributed by atoms with Gasteiger partial charge >= 0.3 is 5.97 Å². The molecule has 1 N–H and O–H groups in total. The number of aromatic nitrogens is 1. The van der Waals surface area contributed by atoms with Gasteiger partial charge in [0.05, 0.1) is 16.6 Å². The highest BCUT2D eigenvalue weighted by Crippen LogP contribution is 2.28. The van der Waals surface area contributed by atoms with Crippen LogP contribution in [-0.2, 0) is 0 Å². The van der Waals surface area contributed by atoms with Crippen molar-refractivity contribution in [3.05, 3.63) is 53.6 Å². The summed E-state index contributed by atoms with van der Waals surface area (Å²) in [5.74, 6) is -0.909. The summed E-state index contributed by atoms with van der Waals surface area (Å²) in [7, 11) is 0. The fourth-order valence-corrected chi connectivity index (χ4v) is 2.34. The minimum Gasteiger partial charge on any atom is -0.478 e. The van der Waals surface area contributed by atoms with Gasteiger partial charge in [-0.1, -0.05) is 30.3 Å². The Bertz CT molecular complexity index is 778. The highest BCUT2D eigenvalue weighted by atomic mass is 16.4. The summed E-state index contributed by atoms with van der Waals surface area (Å²) in [4.78, 5) is 16.1. The number of hydrogen-bond donors (Lipinski definition) is 1. The van der Waals surface area contributed by atoms with Crippen LogP contribution in [0.5, 0.6) is 0 Å². The van der Waals surface area contributed by atoms with Crippen molar-refractivity contribution >= 4 is 27.8 Å². The molecule has 18 heavy (non-hydrogen) atoms. The molecule has 0 aliphatic rings. The summed E-state index contributed by atoms with van der Waals surface area (Å²) >= 11 is 0. The second-order valence-corrected chi connectivity index (χ2v) is 4.28. The quantitative estimate of drug-likeness (QED) is 0.660. The van der Waals surface area contributed by atoms with Crippen molar-refractivity contribution in [2.24, 2.45) is 0 Å². The summed E-state index contributed by atoms with van der Waals surface area (Å²) in [5, 5.41) is 10.9. The molecule has 0 aliphatic heterocycles. The molecule has 0 radical (unpaired) electrons. The normalized spacial score (nSPS) is 10.9. The summed E-state index contributed by atoms with van der Waals surface area (Å²) in [6.45, 7) is 1.91. The van der Waals surface area contributed by atoms with E-state index >= 15 is 0 Å². The molecule has 3 aromatic rings. The Labute approximate surface area is 104 Å². The molecule has 0 aliphatic carbocycles. The first-order valence-corrected chi connectivity index (χ1v) is 5.70. The predicted molar refractivity (Wildman–Crippen MR) is 70.9 cm³/mol. The Morgan fingerprint density at radius 2 is 1.78 bits per heavy atom. The average molecular weight is 237 g/mol. The third-order valence-corrected chi connectivity index (χ3v) is 3.13. The number of hydrogen-bond acceptors (Lipinski definition) is 2. The van der Waals surface area contributed by atoms with Gasteiger partial charge in [-0.3, -0.25) is 0 Å². The highest BCUT2D eigenvalue weighted by Gasteiger charge is 2.15. The fraction of sp³-hybridized carbons (Fsp3) is 0.0667. The van der Waals surface area contributed by atoms with Crippen molar-refractivity contribution in [3.8, 4) is 0 Å². The molecule has 3 nitrogen and oxygen atoms in total. The number of aromatic carboxylic acids is 1. The van der Waals surface area contributed by atoms with E-state index in [1.54, 1.807) is 6.07 Å². The maximum Gasteiger partial charge on any atom is 0.337 e. The first kappa shape index (κ1) is 10.7. The van der Waals surface area contributed by atoms with Crippen LogP contribution in [0.3, 0.4) is 0 Å². The van der Waals surface area contributed by atoms with Gasteiger partial charge in [0.1, 0.15) is 0 Å². The number of aryl methyl sites for hydroxylation is 1. The molecule has 3 rings (SSSR count). The highest BCUT2D eigenvalue weighted by molar-refractivity contribution is 6.14. The van der Waals surface area contributed by atoms with Gasteiger partial charge in [0.2, 0.25) is 0 Å². The molecule has 3 heteroatoms. The number of carbonyl (C=O) groups is 1. The summed E-state index contributed by atoms with van der Waals surface area (Å²) in [6, 6.07) is 13.0. The maximum absolute atomic E-state index is 11.6. The first-order valence-electron chi connectivity index (χ1n) is 5.70. The van der Waals surface area contributed by atoms with E-state index in [1.807, 2.05) is 43.3 Å². The van der Waals surface area contributed by atoms with Crippen molar-refractivity contribution < 1.29 is 9.90 Å². The molecule has 88 valence electrons. The van der Waals surface area contributed by atoms with E-state index in [1.165, 1.54) is 0 Å². The zero-order valence-electron chi connectivity index (χ0n) is 9.84. The van der Waals surface area contributed by atoms with Crippen LogP contribution < -0.4 is 0 Å². The van der Waals surface area contributed by atoms with Crippen LogP contribution in [0.2, 0.25) is 0 Å². The van der Waals surface area contributed by atoms with Crippen molar-refractivity contribution in [2.75, 3.05) is 0 Å². The Hall–Kier alpha value is -2.42. The number of carboxylic acids is 1. The molecule has 1 heterocycles. The summed E-state index contributed by atoms with van der Waals surface area (Å²) in [6.07, 6.45) is 0. The fourth-order valence-electron chi connectivity index (χ4n) is 2.34. The molecule has 0 atom stereocenters. The maximum atomic E-state index is 11.6. The van der Waals surface area contributed by atoms with E-state index < -0.39 is 5.97 Å². The van der Waals surface area contributed by atoms with E-state index in [2.05, 4.69) is 4.98 Å². The van der Waals surface area contributed by atoms with Crippen molar-refractivity contribution in [1.82, 2.24) is 4.98 Å². The molecule has 0 saturated heterocycles. The molecule has 2 aromatic carbocycles. The lowest BCUT2D eigenvalue weighted by molar-refractivity contribution is 0.0701. The van der Waals surface area contributed by atoms with Crippen LogP contribution in [-0.4, -0.2) is 16.1 Å². The van der Waals surface area contributed by atoms with Gasteiger partial charge < -0.3 is 5.11 Å². The lowest BCUT2D eigenvalue weighted by Gasteiger charge is -2.09. The van der Waals surface area contributed by atoms with Crippen LogP contribution in [0.25, 0.3) is 21.8 Å². The number of para-hydroxylation sites is 1. The van der Waals surface area contributed by atoms with E-state index in [0.717, 1.165) is 16.5 Å². The second-order valence-electron chi connectivity index (χ2n) is 4.28. The van der Waals surface area contributed by atoms with E-state index in [9.17, 15) is 9.90 Å². The van der Waals surface area contributed by atoms with Crippen molar-refractivity contribution in [2.45, 2.75) is 6.92 Å². The Balaban J connectivity index is 2.64. The van der Waals surface area contributed by atoms with Crippen LogP contribution >= 0.6 is 0 Å². The van der Waals surface area contributed by atoms with Gasteiger partial charge in [-0.2, -0.15) is 0 Å². The number of nitrogens with zero attached hydrogens (tertiary/aromatic N) is 1. The zero-order valence-corrected chi connectivity index (χ0v) is 9.84. The molecule has 0 spiro atoms. The topological polar surface area (TPSA) is 50.2 Å². The van der Waals surface area contributed by atoms with Gasteiger partial charge in [-0.25, -0.2) is 9.78 Å². The van der Waals surface area contributed by atoms with E-state index in [-0.39, 0.29) is 0 Å². The second kappa shape index (κ2) is 3.81. The third kappa shape index (κ3) is 1.44. The van der Waals surface area contributed by atoms with Crippen LogP contribution in [0.4, 0.5) is 0 Å². The third-order valence-electron chi connectivity index (χ3n) is 3.13. The molecule has 0 fully saturated rings. The van der Waals surface area contributed by atoms with Crippen LogP contribution in [0, 0.1) is 6.92 Å². The van der Waals surface area contributed by atoms with E-state index in [4.69, 9.17) is 0 Å². The van der Waals surface area contributed by atoms with Gasteiger partial charge in [0.15, 0.2) is 0 Å². The monoisotopic (exact) mass is 237 g/mol. The number of fused-ring (bicyclic) bond motifs is 2. The largest absolute Gasteiger partial charge is 0.478 e. The van der Waals surface area contributed by atoms with Gasteiger partial charge in [0.25, 0.3) is 0 Å². The standard InChI is InChI=1S/C15H11NO2/c1-9-5-4-8-12-13(9)14(15(17)18)10-6-2-3-7-11(10)16-12/h2-8H,1H3,(H,17,18). The van der Waals surface area contributed by atoms with E-state index in [0.29, 0.717) is 16.5 Å². The molecule has 0 unspecified atom stereocenters. The van der Waals surface area contributed by atoms with Crippen LogP contribution in [0.1, 0.15) is 15.9 Å². The Morgan fingerprint density at radius 1 is 1.06 bits per heavy atom. The summed E-state index contributed by atoms with van der Waals surface area (Å²) in [5.41, 5.74) is 2.72. The molecule has 1 aromatic heterocycles. The number of benzene rings is 2. The molecule has 0 bridgehead atoms. The van der Waals surface area contributed by atoms with Crippen molar-refractivity contribution in [3.63, 3.8) is 0 Å². The molecular formula is C15H11NO2. The number of pyridine rings is 1.